The van der Waals surface area contributed by atoms with E-state index < -0.39 is 0 Å². The summed E-state index contributed by atoms with van der Waals surface area (Å²) in [5.74, 6) is 2.77. The molecule has 0 spiro atoms. The number of aromatic nitrogens is 2. The molecule has 1 atom stereocenters. The van der Waals surface area contributed by atoms with Crippen molar-refractivity contribution in [1.29, 1.82) is 0 Å². The minimum Gasteiger partial charge on any atom is -0.373 e. The van der Waals surface area contributed by atoms with E-state index in [1.807, 2.05) is 7.05 Å². The first kappa shape index (κ1) is 12.7. The van der Waals surface area contributed by atoms with E-state index in [9.17, 15) is 0 Å². The summed E-state index contributed by atoms with van der Waals surface area (Å²) in [5.41, 5.74) is 1.20. The summed E-state index contributed by atoms with van der Waals surface area (Å²) in [6, 6.07) is 0.549. The fraction of sp³-hybridized carbons (Fsp3) is 0.714. The van der Waals surface area contributed by atoms with Crippen LogP contribution in [0.15, 0.2) is 6.33 Å². The molecule has 1 aromatic heterocycles. The molecule has 19 heavy (non-hydrogen) atoms. The fourth-order valence-electron chi connectivity index (χ4n) is 3.39. The fourth-order valence-corrected chi connectivity index (χ4v) is 3.39. The van der Waals surface area contributed by atoms with Crippen molar-refractivity contribution in [3.63, 3.8) is 0 Å². The van der Waals surface area contributed by atoms with Gasteiger partial charge in [0.05, 0.1) is 0 Å². The monoisotopic (exact) mass is 261 g/mol. The Balaban J connectivity index is 1.79. The molecule has 4 heterocycles. The summed E-state index contributed by atoms with van der Waals surface area (Å²) in [6.07, 6.45) is 5.24. The number of piperidine rings is 3. The Kier molecular flexibility index (Phi) is 3.55. The van der Waals surface area contributed by atoms with Crippen LogP contribution >= 0.6 is 0 Å². The Morgan fingerprint density at radius 3 is 2.58 bits per heavy atom. The van der Waals surface area contributed by atoms with Crippen LogP contribution in [-0.2, 0) is 6.42 Å². The van der Waals surface area contributed by atoms with Crippen LogP contribution in [0.25, 0.3) is 0 Å². The quantitative estimate of drug-likeness (QED) is 0.862. The smallest absolute Gasteiger partial charge is 0.134 e. The van der Waals surface area contributed by atoms with Gasteiger partial charge in [0.2, 0.25) is 0 Å². The molecule has 0 amide bonds. The van der Waals surface area contributed by atoms with Gasteiger partial charge < -0.3 is 15.5 Å². The van der Waals surface area contributed by atoms with Crippen molar-refractivity contribution in [3.8, 4) is 0 Å². The molecule has 3 fully saturated rings. The summed E-state index contributed by atoms with van der Waals surface area (Å²) in [6.45, 7) is 5.86. The molecule has 0 saturated carbocycles. The highest BCUT2D eigenvalue weighted by atomic mass is 15.2. The third-order valence-electron chi connectivity index (χ3n) is 4.51. The second-order valence-electron chi connectivity index (χ2n) is 5.54. The van der Waals surface area contributed by atoms with E-state index in [-0.39, 0.29) is 0 Å². The largest absolute Gasteiger partial charge is 0.373 e. The molecule has 0 radical (unpaired) electrons. The van der Waals surface area contributed by atoms with Crippen LogP contribution in [0.3, 0.4) is 0 Å². The lowest BCUT2D eigenvalue weighted by Gasteiger charge is -2.45. The number of hydrogen-bond donors (Lipinski definition) is 2. The van der Waals surface area contributed by atoms with Crippen LogP contribution in [0.5, 0.6) is 0 Å². The minimum absolute atomic E-state index is 0.549. The van der Waals surface area contributed by atoms with Crippen LogP contribution in [0.2, 0.25) is 0 Å². The van der Waals surface area contributed by atoms with Gasteiger partial charge in [0.15, 0.2) is 0 Å². The normalized spacial score (nSPS) is 29.3. The Bertz CT molecular complexity index is 439. The first-order valence-corrected chi connectivity index (χ1v) is 7.32. The molecule has 2 bridgehead atoms. The highest BCUT2D eigenvalue weighted by Crippen LogP contribution is 2.30. The van der Waals surface area contributed by atoms with Crippen molar-refractivity contribution in [2.75, 3.05) is 37.3 Å². The Morgan fingerprint density at radius 1 is 1.26 bits per heavy atom. The van der Waals surface area contributed by atoms with Gasteiger partial charge in [0.1, 0.15) is 18.0 Å². The molecule has 104 valence electrons. The highest BCUT2D eigenvalue weighted by Gasteiger charge is 2.34. The molecule has 0 aliphatic carbocycles. The Labute approximate surface area is 114 Å². The van der Waals surface area contributed by atoms with Crippen LogP contribution in [0.1, 0.15) is 25.3 Å². The molecule has 3 saturated heterocycles. The van der Waals surface area contributed by atoms with E-state index in [1.54, 1.807) is 6.33 Å². The van der Waals surface area contributed by atoms with Gasteiger partial charge in [-0.2, -0.15) is 0 Å². The molecular weight excluding hydrogens is 238 g/mol. The van der Waals surface area contributed by atoms with Gasteiger partial charge in [0.25, 0.3) is 0 Å². The minimum atomic E-state index is 0.549. The zero-order valence-electron chi connectivity index (χ0n) is 11.8. The van der Waals surface area contributed by atoms with Crippen molar-refractivity contribution >= 4 is 11.6 Å². The number of anilines is 2. The van der Waals surface area contributed by atoms with Gasteiger partial charge in [-0.25, -0.2) is 9.97 Å². The topological polar surface area (TPSA) is 53.1 Å². The predicted octanol–water partition coefficient (Wildman–Crippen LogP) is 1.59. The third kappa shape index (κ3) is 2.39. The van der Waals surface area contributed by atoms with E-state index in [4.69, 9.17) is 0 Å². The molecule has 2 N–H and O–H groups in total. The van der Waals surface area contributed by atoms with E-state index >= 15 is 0 Å². The molecule has 5 nitrogen and oxygen atoms in total. The van der Waals surface area contributed by atoms with E-state index in [0.29, 0.717) is 6.04 Å². The first-order chi connectivity index (χ1) is 9.31. The second kappa shape index (κ2) is 5.33. The molecule has 1 unspecified atom stereocenters. The molecular formula is C14H23N5. The van der Waals surface area contributed by atoms with Crippen molar-refractivity contribution in [1.82, 2.24) is 14.9 Å². The van der Waals surface area contributed by atoms with Gasteiger partial charge in [-0.15, -0.1) is 0 Å². The number of nitrogens with zero attached hydrogens (tertiary/aromatic N) is 3. The lowest BCUT2D eigenvalue weighted by molar-refractivity contribution is 0.0973. The maximum Gasteiger partial charge on any atom is 0.134 e. The Morgan fingerprint density at radius 2 is 2.00 bits per heavy atom. The average Bonchev–Trinajstić information content (AvgIpc) is 2.48. The number of nitrogens with one attached hydrogen (secondary N) is 2. The highest BCUT2D eigenvalue weighted by molar-refractivity contribution is 5.57. The lowest BCUT2D eigenvalue weighted by atomic mass is 9.84. The van der Waals surface area contributed by atoms with E-state index in [1.165, 1.54) is 31.5 Å². The zero-order valence-corrected chi connectivity index (χ0v) is 11.8. The summed E-state index contributed by atoms with van der Waals surface area (Å²) in [4.78, 5) is 11.3. The van der Waals surface area contributed by atoms with Crippen molar-refractivity contribution < 1.29 is 0 Å². The molecule has 3 aliphatic rings. The van der Waals surface area contributed by atoms with Gasteiger partial charge >= 0.3 is 0 Å². The van der Waals surface area contributed by atoms with Crippen molar-refractivity contribution in [2.45, 2.75) is 32.2 Å². The average molecular weight is 261 g/mol. The van der Waals surface area contributed by atoms with Crippen LogP contribution < -0.4 is 10.6 Å². The number of fused-ring (bicyclic) bond motifs is 3. The van der Waals surface area contributed by atoms with Gasteiger partial charge in [0, 0.05) is 25.2 Å². The molecule has 4 rings (SSSR count). The summed E-state index contributed by atoms with van der Waals surface area (Å²) < 4.78 is 0. The second-order valence-corrected chi connectivity index (χ2v) is 5.54. The SMILES string of the molecule is CCc1c(NC)ncnc1NC1CN2CCC1CC2. The number of hydrogen-bond acceptors (Lipinski definition) is 5. The van der Waals surface area contributed by atoms with Crippen molar-refractivity contribution in [3.05, 3.63) is 11.9 Å². The summed E-state index contributed by atoms with van der Waals surface area (Å²) in [7, 11) is 1.92. The van der Waals surface area contributed by atoms with E-state index in [0.717, 1.165) is 30.5 Å². The van der Waals surface area contributed by atoms with Crippen LogP contribution in [0, 0.1) is 5.92 Å². The zero-order chi connectivity index (χ0) is 13.2. The van der Waals surface area contributed by atoms with Crippen molar-refractivity contribution in [2.24, 2.45) is 5.92 Å². The molecule has 5 heteroatoms. The number of rotatable bonds is 4. The summed E-state index contributed by atoms with van der Waals surface area (Å²) >= 11 is 0. The maximum absolute atomic E-state index is 4.46. The lowest BCUT2D eigenvalue weighted by Crippen LogP contribution is -2.53. The van der Waals surface area contributed by atoms with Gasteiger partial charge in [-0.3, -0.25) is 0 Å². The first-order valence-electron chi connectivity index (χ1n) is 7.32. The van der Waals surface area contributed by atoms with Crippen LogP contribution in [-0.4, -0.2) is 47.6 Å². The third-order valence-corrected chi connectivity index (χ3v) is 4.51. The standard InChI is InChI=1S/C14H23N5/c1-3-11-13(15-2)16-9-17-14(11)18-12-8-19-6-4-10(12)5-7-19/h9-10,12H,3-8H2,1-2H3,(H2,15,16,17,18). The van der Waals surface area contributed by atoms with Gasteiger partial charge in [-0.1, -0.05) is 6.92 Å². The Hall–Kier alpha value is -1.36. The van der Waals surface area contributed by atoms with E-state index in [2.05, 4.69) is 32.4 Å². The van der Waals surface area contributed by atoms with Crippen LogP contribution in [0.4, 0.5) is 11.6 Å². The summed E-state index contributed by atoms with van der Waals surface area (Å²) in [5, 5.41) is 6.83. The molecule has 1 aromatic rings. The molecule has 3 aliphatic heterocycles. The maximum atomic E-state index is 4.46. The predicted molar refractivity (Wildman–Crippen MR) is 77.5 cm³/mol. The van der Waals surface area contributed by atoms with Gasteiger partial charge in [-0.05, 0) is 38.3 Å². The molecule has 0 aromatic carbocycles.